The van der Waals surface area contributed by atoms with E-state index in [0.29, 0.717) is 41.7 Å². The Balaban J connectivity index is 1.98. The number of Topliss-reactive ketones (excluding diaryl/α,β-unsaturated/α-hetero) is 2. The third kappa shape index (κ3) is 3.95. The molecule has 1 aromatic rings. The first-order valence-corrected chi connectivity index (χ1v) is 8.10. The summed E-state index contributed by atoms with van der Waals surface area (Å²) in [6.07, 6.45) is 3.05. The number of ether oxygens (including phenoxy) is 1. The molecular weight excluding hydrogens is 292 g/mol. The molecule has 0 amide bonds. The van der Waals surface area contributed by atoms with Crippen LogP contribution in [0.1, 0.15) is 66.7 Å². The van der Waals surface area contributed by atoms with Gasteiger partial charge in [-0.3, -0.25) is 14.4 Å². The molecule has 0 saturated heterocycles. The molecule has 0 heterocycles. The van der Waals surface area contributed by atoms with Crippen molar-refractivity contribution in [3.05, 3.63) is 46.5 Å². The fourth-order valence-electron chi connectivity index (χ4n) is 2.66. The van der Waals surface area contributed by atoms with Crippen molar-refractivity contribution in [3.63, 3.8) is 0 Å². The fraction of sp³-hybridized carbons (Fsp3) is 0.421. The Morgan fingerprint density at radius 2 is 1.70 bits per heavy atom. The molecule has 0 radical (unpaired) electrons. The number of hydrogen-bond acceptors (Lipinski definition) is 4. The minimum Gasteiger partial charge on any atom is -0.466 e. The number of rotatable bonds is 7. The molecule has 1 aromatic carbocycles. The van der Waals surface area contributed by atoms with Crippen molar-refractivity contribution in [3.8, 4) is 0 Å². The van der Waals surface area contributed by atoms with E-state index >= 15 is 0 Å². The molecule has 0 unspecified atom stereocenters. The molecule has 4 heteroatoms. The monoisotopic (exact) mass is 314 g/mol. The molecule has 0 fully saturated rings. The van der Waals surface area contributed by atoms with E-state index in [4.69, 9.17) is 4.74 Å². The maximum atomic E-state index is 12.5. The van der Waals surface area contributed by atoms with Gasteiger partial charge in [0.05, 0.1) is 6.61 Å². The van der Waals surface area contributed by atoms with Crippen LogP contribution in [0.25, 0.3) is 0 Å². The molecule has 0 saturated carbocycles. The van der Waals surface area contributed by atoms with Crippen molar-refractivity contribution in [2.45, 2.75) is 46.0 Å². The van der Waals surface area contributed by atoms with Crippen molar-refractivity contribution in [1.29, 1.82) is 0 Å². The van der Waals surface area contributed by atoms with Crippen LogP contribution < -0.4 is 0 Å². The summed E-state index contributed by atoms with van der Waals surface area (Å²) in [5.41, 5.74) is 1.95. The predicted molar refractivity (Wildman–Crippen MR) is 87.5 cm³/mol. The number of unbranched alkanes of at least 4 members (excludes halogenated alkanes) is 1. The number of benzene rings is 1. The molecule has 0 spiro atoms. The van der Waals surface area contributed by atoms with E-state index in [9.17, 15) is 14.4 Å². The van der Waals surface area contributed by atoms with Gasteiger partial charge in [-0.15, -0.1) is 0 Å². The lowest BCUT2D eigenvalue weighted by Gasteiger charge is -2.18. The highest BCUT2D eigenvalue weighted by atomic mass is 16.5. The van der Waals surface area contributed by atoms with Crippen LogP contribution in [-0.2, 0) is 9.53 Å². The fourth-order valence-corrected chi connectivity index (χ4v) is 2.66. The van der Waals surface area contributed by atoms with Gasteiger partial charge < -0.3 is 4.74 Å². The first-order valence-electron chi connectivity index (χ1n) is 8.10. The Labute approximate surface area is 136 Å². The van der Waals surface area contributed by atoms with Gasteiger partial charge in [-0.05, 0) is 26.2 Å². The highest BCUT2D eigenvalue weighted by molar-refractivity contribution is 6.26. The number of ketones is 2. The van der Waals surface area contributed by atoms with Gasteiger partial charge in [-0.2, -0.15) is 0 Å². The highest BCUT2D eigenvalue weighted by Crippen LogP contribution is 2.28. The maximum absolute atomic E-state index is 12.5. The van der Waals surface area contributed by atoms with Crippen molar-refractivity contribution >= 4 is 17.5 Å². The standard InChI is InChI=1S/C19H22O4/c1-3-4-12-23-17(20)11-7-10-14-13(2)18(21)15-8-5-6-9-16(15)19(14)22/h5-6,8-9H,3-4,7,10-12H2,1-2H3. The number of carbonyl (C=O) groups excluding carboxylic acids is 3. The molecule has 1 aliphatic carbocycles. The third-order valence-electron chi connectivity index (χ3n) is 4.05. The van der Waals surface area contributed by atoms with E-state index in [1.165, 1.54) is 0 Å². The van der Waals surface area contributed by atoms with Crippen molar-refractivity contribution in [2.75, 3.05) is 6.61 Å². The zero-order valence-electron chi connectivity index (χ0n) is 13.7. The molecule has 0 atom stereocenters. The largest absolute Gasteiger partial charge is 0.466 e. The van der Waals surface area contributed by atoms with Crippen LogP contribution in [0.4, 0.5) is 0 Å². The molecule has 0 N–H and O–H groups in total. The number of allylic oxidation sites excluding steroid dienone is 2. The van der Waals surface area contributed by atoms with Crippen LogP contribution in [0.5, 0.6) is 0 Å². The summed E-state index contributed by atoms with van der Waals surface area (Å²) in [5.74, 6) is -0.440. The van der Waals surface area contributed by atoms with Crippen LogP contribution >= 0.6 is 0 Å². The molecule has 2 rings (SSSR count). The topological polar surface area (TPSA) is 60.4 Å². The molecule has 1 aliphatic rings. The van der Waals surface area contributed by atoms with Gasteiger partial charge in [0.2, 0.25) is 0 Å². The van der Waals surface area contributed by atoms with E-state index < -0.39 is 0 Å². The summed E-state index contributed by atoms with van der Waals surface area (Å²) in [6.45, 7) is 4.17. The van der Waals surface area contributed by atoms with Gasteiger partial charge >= 0.3 is 5.97 Å². The molecular formula is C19H22O4. The van der Waals surface area contributed by atoms with Crippen molar-refractivity contribution in [1.82, 2.24) is 0 Å². The van der Waals surface area contributed by atoms with Crippen LogP contribution in [0.15, 0.2) is 35.4 Å². The van der Waals surface area contributed by atoms with Crippen LogP contribution in [0.3, 0.4) is 0 Å². The van der Waals surface area contributed by atoms with Gasteiger partial charge in [0.15, 0.2) is 11.6 Å². The van der Waals surface area contributed by atoms with E-state index in [1.807, 2.05) is 6.92 Å². The van der Waals surface area contributed by atoms with Crippen LogP contribution in [-0.4, -0.2) is 24.1 Å². The lowest BCUT2D eigenvalue weighted by atomic mass is 9.83. The van der Waals surface area contributed by atoms with Crippen LogP contribution in [0.2, 0.25) is 0 Å². The molecule has 0 aromatic heterocycles. The van der Waals surface area contributed by atoms with E-state index in [2.05, 4.69) is 0 Å². The second kappa shape index (κ2) is 7.86. The highest BCUT2D eigenvalue weighted by Gasteiger charge is 2.28. The summed E-state index contributed by atoms with van der Waals surface area (Å²) in [6, 6.07) is 6.88. The summed E-state index contributed by atoms with van der Waals surface area (Å²) < 4.78 is 5.10. The van der Waals surface area contributed by atoms with E-state index in [1.54, 1.807) is 31.2 Å². The SMILES string of the molecule is CCCCOC(=O)CCCC1=C(C)C(=O)c2ccccc2C1=O. The third-order valence-corrected chi connectivity index (χ3v) is 4.05. The van der Waals surface area contributed by atoms with Gasteiger partial charge in [-0.25, -0.2) is 0 Å². The number of fused-ring (bicyclic) bond motifs is 1. The Morgan fingerprint density at radius 1 is 1.04 bits per heavy atom. The smallest absolute Gasteiger partial charge is 0.305 e. The second-order valence-corrected chi connectivity index (χ2v) is 5.73. The summed E-state index contributed by atoms with van der Waals surface area (Å²) in [4.78, 5) is 36.5. The molecule has 4 nitrogen and oxygen atoms in total. The van der Waals surface area contributed by atoms with Gasteiger partial charge in [0.25, 0.3) is 0 Å². The molecule has 0 bridgehead atoms. The molecule has 23 heavy (non-hydrogen) atoms. The second-order valence-electron chi connectivity index (χ2n) is 5.73. The Bertz CT molecular complexity index is 655. The average molecular weight is 314 g/mol. The lowest BCUT2D eigenvalue weighted by Crippen LogP contribution is -2.21. The predicted octanol–water partition coefficient (Wildman–Crippen LogP) is 3.90. The first-order chi connectivity index (χ1) is 11.1. The summed E-state index contributed by atoms with van der Waals surface area (Å²) in [7, 11) is 0. The summed E-state index contributed by atoms with van der Waals surface area (Å²) >= 11 is 0. The van der Waals surface area contributed by atoms with Crippen molar-refractivity contribution in [2.24, 2.45) is 0 Å². The van der Waals surface area contributed by atoms with Crippen LogP contribution in [0, 0.1) is 0 Å². The van der Waals surface area contributed by atoms with E-state index in [0.717, 1.165) is 12.8 Å². The maximum Gasteiger partial charge on any atom is 0.305 e. The first kappa shape index (κ1) is 17.1. The Kier molecular flexibility index (Phi) is 5.85. The summed E-state index contributed by atoms with van der Waals surface area (Å²) in [5, 5.41) is 0. The average Bonchev–Trinajstić information content (AvgIpc) is 2.56. The normalized spacial score (nSPS) is 14.0. The van der Waals surface area contributed by atoms with Crippen molar-refractivity contribution < 1.29 is 19.1 Å². The Morgan fingerprint density at radius 3 is 2.35 bits per heavy atom. The molecule has 122 valence electrons. The minimum atomic E-state index is -0.244. The number of hydrogen-bond donors (Lipinski definition) is 0. The van der Waals surface area contributed by atoms with E-state index in [-0.39, 0.29) is 24.0 Å². The zero-order valence-corrected chi connectivity index (χ0v) is 13.7. The quantitative estimate of drug-likeness (QED) is 0.566. The lowest BCUT2D eigenvalue weighted by molar-refractivity contribution is -0.143. The Hall–Kier alpha value is -2.23. The van der Waals surface area contributed by atoms with Gasteiger partial charge in [0.1, 0.15) is 0 Å². The van der Waals surface area contributed by atoms with Gasteiger partial charge in [-0.1, -0.05) is 37.6 Å². The minimum absolute atomic E-state index is 0.0966. The number of carbonyl (C=O) groups is 3. The number of esters is 1. The van der Waals surface area contributed by atoms with Gasteiger partial charge in [0, 0.05) is 28.7 Å². The zero-order chi connectivity index (χ0) is 16.8. The molecule has 0 aliphatic heterocycles.